The van der Waals surface area contributed by atoms with Crippen LogP contribution in [-0.2, 0) is 17.9 Å². The van der Waals surface area contributed by atoms with Crippen molar-refractivity contribution in [2.24, 2.45) is 0 Å². The van der Waals surface area contributed by atoms with Gasteiger partial charge in [0.05, 0.1) is 13.2 Å². The standard InChI is InChI=1S/C13H13N3O4/c17-16(18)12-7-15-6-11(9-20-13(15)14-12)19-8-10-4-2-1-3-5-10/h1-5,7,11H,6,8-9H2/t11-/m1/s1. The number of rotatable bonds is 4. The third-order valence-corrected chi connectivity index (χ3v) is 3.04. The second-order valence-electron chi connectivity index (χ2n) is 4.52. The first-order valence-corrected chi connectivity index (χ1v) is 6.22. The van der Waals surface area contributed by atoms with Crippen LogP contribution >= 0.6 is 0 Å². The minimum absolute atomic E-state index is 0.142. The van der Waals surface area contributed by atoms with Crippen LogP contribution in [0, 0.1) is 10.1 Å². The quantitative estimate of drug-likeness (QED) is 0.627. The van der Waals surface area contributed by atoms with E-state index in [-0.39, 0.29) is 17.9 Å². The third-order valence-electron chi connectivity index (χ3n) is 3.04. The highest BCUT2D eigenvalue weighted by Gasteiger charge is 2.28. The summed E-state index contributed by atoms with van der Waals surface area (Å²) in [6, 6.07) is 10.1. The number of nitrogens with zero attached hydrogens (tertiary/aromatic N) is 3. The Morgan fingerprint density at radius 2 is 2.25 bits per heavy atom. The molecule has 0 spiro atoms. The zero-order chi connectivity index (χ0) is 13.9. The Morgan fingerprint density at radius 1 is 1.45 bits per heavy atom. The Hall–Kier alpha value is -2.41. The lowest BCUT2D eigenvalue weighted by atomic mass is 10.2. The van der Waals surface area contributed by atoms with Gasteiger partial charge in [-0.3, -0.25) is 4.57 Å². The van der Waals surface area contributed by atoms with Crippen LogP contribution in [0.4, 0.5) is 5.82 Å². The van der Waals surface area contributed by atoms with Crippen LogP contribution in [-0.4, -0.2) is 27.2 Å². The number of nitro groups is 1. The molecule has 3 rings (SSSR count). The molecule has 0 saturated heterocycles. The summed E-state index contributed by atoms with van der Waals surface area (Å²) in [6.07, 6.45) is 1.23. The summed E-state index contributed by atoms with van der Waals surface area (Å²) in [7, 11) is 0. The van der Waals surface area contributed by atoms with Gasteiger partial charge in [0.15, 0.2) is 0 Å². The van der Waals surface area contributed by atoms with Crippen molar-refractivity contribution in [3.8, 4) is 6.01 Å². The van der Waals surface area contributed by atoms with E-state index in [0.29, 0.717) is 19.8 Å². The van der Waals surface area contributed by atoms with Gasteiger partial charge in [0.25, 0.3) is 0 Å². The van der Waals surface area contributed by atoms with E-state index in [1.165, 1.54) is 6.20 Å². The molecule has 0 aliphatic carbocycles. The van der Waals surface area contributed by atoms with Gasteiger partial charge >= 0.3 is 11.8 Å². The number of ether oxygens (including phenoxy) is 2. The number of benzene rings is 1. The van der Waals surface area contributed by atoms with Crippen LogP contribution in [0.1, 0.15) is 5.56 Å². The lowest BCUT2D eigenvalue weighted by Gasteiger charge is -2.22. The smallest absolute Gasteiger partial charge is 0.414 e. The highest BCUT2D eigenvalue weighted by Crippen LogP contribution is 2.22. The van der Waals surface area contributed by atoms with Crippen molar-refractivity contribution in [2.75, 3.05) is 6.61 Å². The predicted molar refractivity (Wildman–Crippen MR) is 69.4 cm³/mol. The molecule has 0 fully saturated rings. The molecule has 0 bridgehead atoms. The van der Waals surface area contributed by atoms with Gasteiger partial charge in [-0.25, -0.2) is 0 Å². The number of aromatic nitrogens is 2. The molecule has 0 amide bonds. The van der Waals surface area contributed by atoms with Gasteiger partial charge in [-0.1, -0.05) is 30.3 Å². The molecule has 2 aromatic rings. The van der Waals surface area contributed by atoms with E-state index in [1.54, 1.807) is 4.57 Å². The van der Waals surface area contributed by atoms with Crippen molar-refractivity contribution in [1.82, 2.24) is 9.55 Å². The minimum Gasteiger partial charge on any atom is -0.443 e. The maximum atomic E-state index is 10.7. The molecule has 1 aliphatic rings. The Morgan fingerprint density at radius 3 is 3.00 bits per heavy atom. The average molecular weight is 275 g/mol. The molecule has 7 heteroatoms. The Balaban J connectivity index is 1.62. The minimum atomic E-state index is -0.533. The van der Waals surface area contributed by atoms with Crippen molar-refractivity contribution in [2.45, 2.75) is 19.3 Å². The first-order valence-electron chi connectivity index (χ1n) is 6.22. The molecule has 0 N–H and O–H groups in total. The molecule has 1 aliphatic heterocycles. The van der Waals surface area contributed by atoms with E-state index < -0.39 is 4.92 Å². The molecule has 0 unspecified atom stereocenters. The molecular weight excluding hydrogens is 262 g/mol. The third kappa shape index (κ3) is 2.62. The van der Waals surface area contributed by atoms with Crippen molar-refractivity contribution in [3.05, 3.63) is 52.2 Å². The van der Waals surface area contributed by atoms with Gasteiger partial charge in [0, 0.05) is 4.98 Å². The summed E-state index contributed by atoms with van der Waals surface area (Å²) < 4.78 is 12.7. The number of hydrogen-bond acceptors (Lipinski definition) is 5. The Bertz CT molecular complexity index is 611. The number of imidazole rings is 1. The van der Waals surface area contributed by atoms with E-state index in [9.17, 15) is 10.1 Å². The molecule has 104 valence electrons. The van der Waals surface area contributed by atoms with Crippen molar-refractivity contribution >= 4 is 5.82 Å². The molecule has 7 nitrogen and oxygen atoms in total. The van der Waals surface area contributed by atoms with Crippen LogP contribution in [0.5, 0.6) is 6.01 Å². The van der Waals surface area contributed by atoms with E-state index >= 15 is 0 Å². The monoisotopic (exact) mass is 275 g/mol. The van der Waals surface area contributed by atoms with Gasteiger partial charge in [-0.05, 0) is 10.5 Å². The van der Waals surface area contributed by atoms with E-state index in [2.05, 4.69) is 4.98 Å². The van der Waals surface area contributed by atoms with E-state index in [0.717, 1.165) is 5.56 Å². The molecule has 1 aromatic carbocycles. The highest BCUT2D eigenvalue weighted by atomic mass is 16.6. The summed E-state index contributed by atoms with van der Waals surface area (Å²) in [5, 5.41) is 10.7. The van der Waals surface area contributed by atoms with Gasteiger partial charge in [0.2, 0.25) is 0 Å². The molecule has 1 atom stereocenters. The second-order valence-corrected chi connectivity index (χ2v) is 4.52. The highest BCUT2D eigenvalue weighted by molar-refractivity contribution is 5.21. The summed E-state index contributed by atoms with van der Waals surface area (Å²) >= 11 is 0. The van der Waals surface area contributed by atoms with Crippen LogP contribution in [0.2, 0.25) is 0 Å². The van der Waals surface area contributed by atoms with Gasteiger partial charge < -0.3 is 19.6 Å². The Labute approximate surface area is 114 Å². The van der Waals surface area contributed by atoms with Crippen LogP contribution < -0.4 is 4.74 Å². The average Bonchev–Trinajstić information content (AvgIpc) is 2.89. The fraction of sp³-hybridized carbons (Fsp3) is 0.308. The van der Waals surface area contributed by atoms with Crippen molar-refractivity contribution < 1.29 is 14.4 Å². The Kier molecular flexibility index (Phi) is 3.34. The largest absolute Gasteiger partial charge is 0.443 e. The molecule has 1 aromatic heterocycles. The number of hydrogen-bond donors (Lipinski definition) is 0. The SMILES string of the molecule is O=[N+]([O-])c1cn2c(n1)OC[C@H](OCc1ccccc1)C2. The van der Waals surface area contributed by atoms with Crippen LogP contribution in [0.25, 0.3) is 0 Å². The van der Waals surface area contributed by atoms with Gasteiger partial charge in [0.1, 0.15) is 18.9 Å². The maximum Gasteiger partial charge on any atom is 0.414 e. The van der Waals surface area contributed by atoms with Crippen LogP contribution in [0.15, 0.2) is 36.5 Å². The summed E-state index contributed by atoms with van der Waals surface area (Å²) in [6.45, 7) is 1.34. The summed E-state index contributed by atoms with van der Waals surface area (Å²) in [5.41, 5.74) is 1.08. The molecular formula is C13H13N3O4. The zero-order valence-electron chi connectivity index (χ0n) is 10.6. The zero-order valence-corrected chi connectivity index (χ0v) is 10.6. The first kappa shape index (κ1) is 12.6. The molecule has 0 radical (unpaired) electrons. The normalized spacial score (nSPS) is 17.3. The summed E-state index contributed by atoms with van der Waals surface area (Å²) in [5.74, 6) is -0.205. The fourth-order valence-electron chi connectivity index (χ4n) is 2.05. The van der Waals surface area contributed by atoms with Gasteiger partial charge in [-0.2, -0.15) is 0 Å². The van der Waals surface area contributed by atoms with E-state index in [4.69, 9.17) is 9.47 Å². The summed E-state index contributed by atoms with van der Waals surface area (Å²) in [4.78, 5) is 13.9. The topological polar surface area (TPSA) is 79.4 Å². The van der Waals surface area contributed by atoms with Crippen LogP contribution in [0.3, 0.4) is 0 Å². The van der Waals surface area contributed by atoms with Gasteiger partial charge in [-0.15, -0.1) is 0 Å². The number of fused-ring (bicyclic) bond motifs is 1. The fourth-order valence-corrected chi connectivity index (χ4v) is 2.05. The molecule has 2 heterocycles. The lowest BCUT2D eigenvalue weighted by Crippen LogP contribution is -2.32. The maximum absolute atomic E-state index is 10.7. The lowest BCUT2D eigenvalue weighted by molar-refractivity contribution is -0.389. The predicted octanol–water partition coefficient (Wildman–Crippen LogP) is 1.77. The van der Waals surface area contributed by atoms with Crippen molar-refractivity contribution in [1.29, 1.82) is 0 Å². The second kappa shape index (κ2) is 5.30. The van der Waals surface area contributed by atoms with Crippen molar-refractivity contribution in [3.63, 3.8) is 0 Å². The van der Waals surface area contributed by atoms with E-state index in [1.807, 2.05) is 30.3 Å². The molecule has 0 saturated carbocycles. The molecule has 20 heavy (non-hydrogen) atoms. The first-order chi connectivity index (χ1) is 9.72.